The molecule has 0 fully saturated rings. The van der Waals surface area contributed by atoms with Crippen LogP contribution in [0.5, 0.6) is 0 Å². The van der Waals surface area contributed by atoms with Crippen LogP contribution in [-0.4, -0.2) is 21.6 Å². The summed E-state index contributed by atoms with van der Waals surface area (Å²) in [5, 5.41) is 4.19. The van der Waals surface area contributed by atoms with E-state index in [0.29, 0.717) is 5.56 Å². The number of carbonyl (C=O) groups is 2. The monoisotopic (exact) mass is 338 g/mol. The van der Waals surface area contributed by atoms with Gasteiger partial charge in [-0.1, -0.05) is 0 Å². The fraction of sp³-hybridized carbons (Fsp3) is 0.0556. The number of carbonyl (C=O) groups excluding carboxylic acids is 2. The molecule has 0 aliphatic carbocycles. The molecule has 0 aliphatic heterocycles. The molecule has 3 rings (SSSR count). The van der Waals surface area contributed by atoms with Crippen molar-refractivity contribution in [2.45, 2.75) is 6.92 Å². The van der Waals surface area contributed by atoms with E-state index in [-0.39, 0.29) is 5.56 Å². The Labute approximate surface area is 143 Å². The molecule has 0 atom stereocenters. The maximum atomic E-state index is 12.8. The van der Waals surface area contributed by atoms with Crippen LogP contribution >= 0.6 is 0 Å². The van der Waals surface area contributed by atoms with Crippen molar-refractivity contribution in [1.29, 1.82) is 0 Å². The van der Waals surface area contributed by atoms with Gasteiger partial charge >= 0.3 is 0 Å². The molecule has 3 aromatic rings. The fourth-order valence-electron chi connectivity index (χ4n) is 2.18. The van der Waals surface area contributed by atoms with Crippen molar-refractivity contribution in [3.8, 4) is 5.69 Å². The van der Waals surface area contributed by atoms with E-state index in [1.807, 2.05) is 13.1 Å². The van der Waals surface area contributed by atoms with Gasteiger partial charge in [0.05, 0.1) is 11.9 Å². The maximum absolute atomic E-state index is 12.8. The summed E-state index contributed by atoms with van der Waals surface area (Å²) in [6.45, 7) is 1.94. The zero-order valence-corrected chi connectivity index (χ0v) is 13.4. The number of nitrogens with one attached hydrogen (secondary N) is 2. The van der Waals surface area contributed by atoms with Crippen molar-refractivity contribution < 1.29 is 14.0 Å². The molecule has 0 bridgehead atoms. The van der Waals surface area contributed by atoms with E-state index in [4.69, 9.17) is 0 Å². The minimum atomic E-state index is -0.531. The van der Waals surface area contributed by atoms with Gasteiger partial charge in [-0.05, 0) is 61.0 Å². The summed E-state index contributed by atoms with van der Waals surface area (Å²) in [7, 11) is 0. The molecule has 7 heteroatoms. The Bertz CT molecular complexity index is 902. The average Bonchev–Trinajstić information content (AvgIpc) is 3.06. The normalized spacial score (nSPS) is 10.3. The summed E-state index contributed by atoms with van der Waals surface area (Å²) >= 11 is 0. The van der Waals surface area contributed by atoms with Crippen molar-refractivity contribution in [3.05, 3.63) is 83.4 Å². The van der Waals surface area contributed by atoms with Gasteiger partial charge in [0.2, 0.25) is 0 Å². The molecule has 0 saturated carbocycles. The number of hydrogen-bond donors (Lipinski definition) is 2. The molecule has 2 amide bonds. The lowest BCUT2D eigenvalue weighted by atomic mass is 10.2. The van der Waals surface area contributed by atoms with Crippen molar-refractivity contribution in [1.82, 2.24) is 20.6 Å². The molecule has 0 aliphatic rings. The number of benzene rings is 2. The van der Waals surface area contributed by atoms with Gasteiger partial charge in [-0.25, -0.2) is 9.07 Å². The summed E-state index contributed by atoms with van der Waals surface area (Å²) in [5.41, 5.74) is 7.08. The molecule has 1 heterocycles. The summed E-state index contributed by atoms with van der Waals surface area (Å²) in [5.74, 6) is -1.43. The highest BCUT2D eigenvalue weighted by molar-refractivity contribution is 5.99. The van der Waals surface area contributed by atoms with Gasteiger partial charge < -0.3 is 0 Å². The lowest BCUT2D eigenvalue weighted by Crippen LogP contribution is -2.41. The van der Waals surface area contributed by atoms with Gasteiger partial charge in [-0.2, -0.15) is 5.10 Å². The minimum Gasteiger partial charge on any atom is -0.267 e. The smallest absolute Gasteiger partial charge is 0.267 e. The first-order valence-electron chi connectivity index (χ1n) is 7.51. The van der Waals surface area contributed by atoms with Crippen LogP contribution in [0.25, 0.3) is 5.69 Å². The van der Waals surface area contributed by atoms with Gasteiger partial charge in [-0.15, -0.1) is 0 Å². The molecule has 0 saturated heterocycles. The van der Waals surface area contributed by atoms with E-state index in [1.165, 1.54) is 24.3 Å². The van der Waals surface area contributed by atoms with Crippen LogP contribution in [-0.2, 0) is 0 Å². The van der Waals surface area contributed by atoms with E-state index in [1.54, 1.807) is 35.1 Å². The third-order valence-electron chi connectivity index (χ3n) is 3.50. The summed E-state index contributed by atoms with van der Waals surface area (Å²) in [6, 6.07) is 11.8. The molecular formula is C18H15FN4O2. The summed E-state index contributed by atoms with van der Waals surface area (Å²) in [6.07, 6.45) is 3.61. The predicted octanol–water partition coefficient (Wildman–Crippen LogP) is 2.39. The predicted molar refractivity (Wildman–Crippen MR) is 89.6 cm³/mol. The van der Waals surface area contributed by atoms with Gasteiger partial charge in [0.1, 0.15) is 5.82 Å². The number of hydrazine groups is 1. The lowest BCUT2D eigenvalue weighted by molar-refractivity contribution is 0.0846. The van der Waals surface area contributed by atoms with Crippen molar-refractivity contribution in [2.24, 2.45) is 0 Å². The second-order valence-corrected chi connectivity index (χ2v) is 5.42. The third kappa shape index (κ3) is 3.89. The highest BCUT2D eigenvalue weighted by Crippen LogP contribution is 2.10. The first-order chi connectivity index (χ1) is 12.0. The highest BCUT2D eigenvalue weighted by atomic mass is 19.1. The SMILES string of the molecule is Cc1cnn(-c2ccc(C(=O)NNC(=O)c3ccc(F)cc3)cc2)c1. The minimum absolute atomic E-state index is 0.242. The molecule has 25 heavy (non-hydrogen) atoms. The second kappa shape index (κ2) is 6.96. The van der Waals surface area contributed by atoms with E-state index in [9.17, 15) is 14.0 Å². The fourth-order valence-corrected chi connectivity index (χ4v) is 2.18. The zero-order valence-electron chi connectivity index (χ0n) is 13.4. The van der Waals surface area contributed by atoms with E-state index in [0.717, 1.165) is 11.3 Å². The Morgan fingerprint density at radius 3 is 1.92 bits per heavy atom. The van der Waals surface area contributed by atoms with Crippen molar-refractivity contribution in [3.63, 3.8) is 0 Å². The Morgan fingerprint density at radius 2 is 1.44 bits per heavy atom. The molecule has 126 valence electrons. The van der Waals surface area contributed by atoms with Crippen LogP contribution in [0.15, 0.2) is 60.9 Å². The first kappa shape index (κ1) is 16.4. The van der Waals surface area contributed by atoms with Crippen LogP contribution < -0.4 is 10.9 Å². The van der Waals surface area contributed by atoms with E-state index < -0.39 is 17.6 Å². The number of nitrogens with zero attached hydrogens (tertiary/aromatic N) is 2. The summed E-state index contributed by atoms with van der Waals surface area (Å²) < 4.78 is 14.5. The van der Waals surface area contributed by atoms with Crippen molar-refractivity contribution in [2.75, 3.05) is 0 Å². The molecule has 0 radical (unpaired) electrons. The van der Waals surface area contributed by atoms with Gasteiger partial charge in [0, 0.05) is 17.3 Å². The molecular weight excluding hydrogens is 323 g/mol. The Balaban J connectivity index is 1.61. The average molecular weight is 338 g/mol. The quantitative estimate of drug-likeness (QED) is 0.720. The number of rotatable bonds is 3. The van der Waals surface area contributed by atoms with Crippen LogP contribution in [0.2, 0.25) is 0 Å². The molecule has 2 aromatic carbocycles. The maximum Gasteiger partial charge on any atom is 0.269 e. The van der Waals surface area contributed by atoms with Crippen molar-refractivity contribution >= 4 is 11.8 Å². The van der Waals surface area contributed by atoms with Crippen LogP contribution in [0, 0.1) is 12.7 Å². The lowest BCUT2D eigenvalue weighted by Gasteiger charge is -2.08. The standard InChI is InChI=1S/C18H15FN4O2/c1-12-10-20-23(11-12)16-8-4-14(5-9-16)18(25)22-21-17(24)13-2-6-15(19)7-3-13/h2-11H,1H3,(H,21,24)(H,22,25). The zero-order chi connectivity index (χ0) is 17.8. The number of aryl methyl sites for hydroxylation is 1. The number of hydrogen-bond acceptors (Lipinski definition) is 3. The Hall–Kier alpha value is -3.48. The van der Waals surface area contributed by atoms with Crippen LogP contribution in [0.1, 0.15) is 26.3 Å². The van der Waals surface area contributed by atoms with Crippen LogP contribution in [0.4, 0.5) is 4.39 Å². The highest BCUT2D eigenvalue weighted by Gasteiger charge is 2.09. The molecule has 0 spiro atoms. The molecule has 6 nitrogen and oxygen atoms in total. The Morgan fingerprint density at radius 1 is 0.920 bits per heavy atom. The van der Waals surface area contributed by atoms with Gasteiger partial charge in [0.25, 0.3) is 11.8 Å². The molecule has 0 unspecified atom stereocenters. The van der Waals surface area contributed by atoms with E-state index in [2.05, 4.69) is 16.0 Å². The Kier molecular flexibility index (Phi) is 4.56. The number of amides is 2. The number of aromatic nitrogens is 2. The van der Waals surface area contributed by atoms with Gasteiger partial charge in [0.15, 0.2) is 0 Å². The van der Waals surface area contributed by atoms with Gasteiger partial charge in [-0.3, -0.25) is 20.4 Å². The summed E-state index contributed by atoms with van der Waals surface area (Å²) in [4.78, 5) is 24.0. The second-order valence-electron chi connectivity index (χ2n) is 5.42. The third-order valence-corrected chi connectivity index (χ3v) is 3.50. The van der Waals surface area contributed by atoms with Crippen LogP contribution in [0.3, 0.4) is 0 Å². The van der Waals surface area contributed by atoms with E-state index >= 15 is 0 Å². The molecule has 2 N–H and O–H groups in total. The number of halogens is 1. The topological polar surface area (TPSA) is 76.0 Å². The largest absolute Gasteiger partial charge is 0.269 e. The first-order valence-corrected chi connectivity index (χ1v) is 7.51. The molecule has 1 aromatic heterocycles.